The minimum Gasteiger partial charge on any atom is -0.327 e. The van der Waals surface area contributed by atoms with E-state index in [1.165, 1.54) is 17.5 Å². The summed E-state index contributed by atoms with van der Waals surface area (Å²) in [5.41, 5.74) is 8.65. The van der Waals surface area contributed by atoms with E-state index in [4.69, 9.17) is 5.73 Å². The largest absolute Gasteiger partial charge is 0.327 e. The Morgan fingerprint density at radius 1 is 1.50 bits per heavy atom. The molecule has 12 heavy (non-hydrogen) atoms. The zero-order valence-electron chi connectivity index (χ0n) is 7.46. The van der Waals surface area contributed by atoms with E-state index in [0.29, 0.717) is 12.0 Å². The van der Waals surface area contributed by atoms with Gasteiger partial charge in [0.15, 0.2) is 0 Å². The average molecular weight is 161 g/mol. The minimum atomic E-state index is 0.428. The van der Waals surface area contributed by atoms with E-state index in [1.807, 2.05) is 0 Å². The van der Waals surface area contributed by atoms with Crippen molar-refractivity contribution < 1.29 is 0 Å². The minimum absolute atomic E-state index is 0.428. The maximum Gasteiger partial charge on any atom is 0.0115 e. The summed E-state index contributed by atoms with van der Waals surface area (Å²) in [5, 5.41) is 0. The average Bonchev–Trinajstić information content (AvgIpc) is 2.83. The smallest absolute Gasteiger partial charge is 0.0115 e. The van der Waals surface area contributed by atoms with Gasteiger partial charge in [0.2, 0.25) is 0 Å². The lowest BCUT2D eigenvalue weighted by Gasteiger charge is -2.01. The lowest BCUT2D eigenvalue weighted by Crippen LogP contribution is -2.01. The zero-order chi connectivity index (χ0) is 8.55. The predicted octanol–water partition coefficient (Wildman–Crippen LogP) is 2.06. The highest BCUT2D eigenvalue weighted by atomic mass is 14.7. The second-order valence-electron chi connectivity index (χ2n) is 3.60. The topological polar surface area (TPSA) is 26.0 Å². The molecule has 1 nitrogen and oxygen atoms in total. The van der Waals surface area contributed by atoms with Crippen LogP contribution in [0.4, 0.5) is 0 Å². The Hall–Kier alpha value is -0.820. The van der Waals surface area contributed by atoms with Crippen molar-refractivity contribution in [2.24, 2.45) is 5.73 Å². The summed E-state index contributed by atoms with van der Waals surface area (Å²) in [5.74, 6) is 0.650. The van der Waals surface area contributed by atoms with Crippen LogP contribution in [0.3, 0.4) is 0 Å². The van der Waals surface area contributed by atoms with Gasteiger partial charge in [0, 0.05) is 12.0 Å². The standard InChI is InChI=1S/C11H15N/c1-2-8-4-3-5-9(6-8)10-7-11(10)12/h3-6,10-11H,2,7,12H2,1H3/t10-,11+/m0/s1. The molecule has 1 aliphatic carbocycles. The van der Waals surface area contributed by atoms with E-state index in [1.54, 1.807) is 0 Å². The Morgan fingerprint density at radius 3 is 2.83 bits per heavy atom. The van der Waals surface area contributed by atoms with Gasteiger partial charge in [-0.3, -0.25) is 0 Å². The highest BCUT2D eigenvalue weighted by Crippen LogP contribution is 2.38. The van der Waals surface area contributed by atoms with Gasteiger partial charge in [-0.25, -0.2) is 0 Å². The molecule has 1 heteroatoms. The molecule has 1 aromatic carbocycles. The molecule has 0 aromatic heterocycles. The van der Waals surface area contributed by atoms with Crippen LogP contribution in [0.5, 0.6) is 0 Å². The molecule has 0 bridgehead atoms. The van der Waals surface area contributed by atoms with Crippen LogP contribution in [-0.4, -0.2) is 6.04 Å². The van der Waals surface area contributed by atoms with Crippen LogP contribution in [0.15, 0.2) is 24.3 Å². The van der Waals surface area contributed by atoms with Crippen molar-refractivity contribution in [3.05, 3.63) is 35.4 Å². The van der Waals surface area contributed by atoms with Crippen LogP contribution in [0.1, 0.15) is 30.4 Å². The molecule has 0 unspecified atom stereocenters. The van der Waals surface area contributed by atoms with Gasteiger partial charge in [0.25, 0.3) is 0 Å². The van der Waals surface area contributed by atoms with Crippen LogP contribution in [-0.2, 0) is 6.42 Å². The fourth-order valence-electron chi connectivity index (χ4n) is 1.64. The second-order valence-corrected chi connectivity index (χ2v) is 3.60. The summed E-state index contributed by atoms with van der Waals surface area (Å²) in [4.78, 5) is 0. The van der Waals surface area contributed by atoms with E-state index in [0.717, 1.165) is 6.42 Å². The summed E-state index contributed by atoms with van der Waals surface area (Å²) in [6.45, 7) is 2.19. The molecule has 64 valence electrons. The van der Waals surface area contributed by atoms with Crippen LogP contribution >= 0.6 is 0 Å². The van der Waals surface area contributed by atoms with Gasteiger partial charge < -0.3 is 5.73 Å². The molecule has 2 N–H and O–H groups in total. The third-order valence-corrected chi connectivity index (χ3v) is 2.63. The fourth-order valence-corrected chi connectivity index (χ4v) is 1.64. The summed E-state index contributed by atoms with van der Waals surface area (Å²) in [6, 6.07) is 9.22. The first-order valence-corrected chi connectivity index (χ1v) is 4.65. The van der Waals surface area contributed by atoms with Crippen molar-refractivity contribution in [1.29, 1.82) is 0 Å². The van der Waals surface area contributed by atoms with Gasteiger partial charge in [0.05, 0.1) is 0 Å². The molecular formula is C11H15N. The van der Waals surface area contributed by atoms with Crippen LogP contribution in [0, 0.1) is 0 Å². The maximum absolute atomic E-state index is 5.79. The molecule has 1 aliphatic rings. The van der Waals surface area contributed by atoms with Gasteiger partial charge in [-0.15, -0.1) is 0 Å². The summed E-state index contributed by atoms with van der Waals surface area (Å²) >= 11 is 0. The first-order valence-electron chi connectivity index (χ1n) is 4.65. The summed E-state index contributed by atoms with van der Waals surface area (Å²) in [6.07, 6.45) is 2.29. The molecule has 0 radical (unpaired) electrons. The molecule has 1 fully saturated rings. The molecule has 2 atom stereocenters. The van der Waals surface area contributed by atoms with E-state index in [9.17, 15) is 0 Å². The molecule has 0 amide bonds. The van der Waals surface area contributed by atoms with Crippen molar-refractivity contribution >= 4 is 0 Å². The van der Waals surface area contributed by atoms with Crippen molar-refractivity contribution in [3.63, 3.8) is 0 Å². The Kier molecular flexibility index (Phi) is 1.89. The quantitative estimate of drug-likeness (QED) is 0.706. The molecule has 0 heterocycles. The lowest BCUT2D eigenvalue weighted by atomic mass is 10.1. The fraction of sp³-hybridized carbons (Fsp3) is 0.455. The molecule has 2 rings (SSSR count). The van der Waals surface area contributed by atoms with Crippen molar-refractivity contribution in [2.75, 3.05) is 0 Å². The van der Waals surface area contributed by atoms with Gasteiger partial charge in [-0.1, -0.05) is 31.2 Å². The number of hydrogen-bond donors (Lipinski definition) is 1. The Bertz CT molecular complexity index is 280. The number of benzene rings is 1. The zero-order valence-corrected chi connectivity index (χ0v) is 7.46. The van der Waals surface area contributed by atoms with E-state index in [-0.39, 0.29) is 0 Å². The van der Waals surface area contributed by atoms with Crippen LogP contribution < -0.4 is 5.73 Å². The number of hydrogen-bond acceptors (Lipinski definition) is 1. The Labute approximate surface area is 73.6 Å². The SMILES string of the molecule is CCc1cccc([C@@H]2C[C@H]2N)c1. The molecule has 0 aliphatic heterocycles. The second kappa shape index (κ2) is 2.91. The highest BCUT2D eigenvalue weighted by molar-refractivity contribution is 5.31. The van der Waals surface area contributed by atoms with Crippen LogP contribution in [0.25, 0.3) is 0 Å². The van der Waals surface area contributed by atoms with Gasteiger partial charge in [-0.2, -0.15) is 0 Å². The van der Waals surface area contributed by atoms with Gasteiger partial charge >= 0.3 is 0 Å². The lowest BCUT2D eigenvalue weighted by molar-refractivity contribution is 0.983. The predicted molar refractivity (Wildman–Crippen MR) is 51.2 cm³/mol. The molecule has 1 aromatic rings. The monoisotopic (exact) mass is 161 g/mol. The number of aryl methyl sites for hydroxylation is 1. The summed E-state index contributed by atoms with van der Waals surface area (Å²) < 4.78 is 0. The molecule has 0 saturated heterocycles. The normalized spacial score (nSPS) is 27.2. The third-order valence-electron chi connectivity index (χ3n) is 2.63. The molecular weight excluding hydrogens is 146 g/mol. The van der Waals surface area contributed by atoms with Crippen molar-refractivity contribution in [2.45, 2.75) is 31.7 Å². The molecule has 0 spiro atoms. The Balaban J connectivity index is 2.21. The first-order chi connectivity index (χ1) is 5.81. The van der Waals surface area contributed by atoms with E-state index < -0.39 is 0 Å². The number of rotatable bonds is 2. The van der Waals surface area contributed by atoms with E-state index in [2.05, 4.69) is 31.2 Å². The van der Waals surface area contributed by atoms with Crippen molar-refractivity contribution in [3.8, 4) is 0 Å². The van der Waals surface area contributed by atoms with Gasteiger partial charge in [0.1, 0.15) is 0 Å². The Morgan fingerprint density at radius 2 is 2.25 bits per heavy atom. The highest BCUT2D eigenvalue weighted by Gasteiger charge is 2.34. The van der Waals surface area contributed by atoms with E-state index >= 15 is 0 Å². The molecule has 1 saturated carbocycles. The van der Waals surface area contributed by atoms with Crippen molar-refractivity contribution in [1.82, 2.24) is 0 Å². The number of nitrogens with two attached hydrogens (primary N) is 1. The maximum atomic E-state index is 5.79. The third kappa shape index (κ3) is 1.37. The van der Waals surface area contributed by atoms with Crippen LogP contribution in [0.2, 0.25) is 0 Å². The summed E-state index contributed by atoms with van der Waals surface area (Å²) in [7, 11) is 0. The first kappa shape index (κ1) is 7.81. The van der Waals surface area contributed by atoms with Gasteiger partial charge in [-0.05, 0) is 24.0 Å².